The SMILES string of the molecule is C=CCCCc1ccc(OCC2CO2)cc1. The number of hydrogen-bond donors (Lipinski definition) is 0. The van der Waals surface area contributed by atoms with Crippen molar-refractivity contribution in [1.29, 1.82) is 0 Å². The second-order valence-electron chi connectivity index (χ2n) is 4.09. The highest BCUT2D eigenvalue weighted by Gasteiger charge is 2.22. The Labute approximate surface area is 96.9 Å². The molecule has 1 fully saturated rings. The first-order valence-corrected chi connectivity index (χ1v) is 5.83. The number of aryl methyl sites for hydroxylation is 1. The maximum atomic E-state index is 5.57. The summed E-state index contributed by atoms with van der Waals surface area (Å²) in [6.45, 7) is 5.24. The first-order valence-electron chi connectivity index (χ1n) is 5.83. The van der Waals surface area contributed by atoms with E-state index in [2.05, 4.69) is 18.7 Å². The molecule has 1 saturated heterocycles. The minimum absolute atomic E-state index is 0.326. The second kappa shape index (κ2) is 5.71. The number of hydrogen-bond acceptors (Lipinski definition) is 2. The van der Waals surface area contributed by atoms with Crippen molar-refractivity contribution in [3.05, 3.63) is 42.5 Å². The number of benzene rings is 1. The first kappa shape index (κ1) is 11.2. The molecule has 0 radical (unpaired) electrons. The fraction of sp³-hybridized carbons (Fsp3) is 0.429. The Hall–Kier alpha value is -1.28. The minimum atomic E-state index is 0.326. The Morgan fingerprint density at radius 3 is 2.75 bits per heavy atom. The summed E-state index contributed by atoms with van der Waals surface area (Å²) in [5.74, 6) is 0.933. The van der Waals surface area contributed by atoms with E-state index in [9.17, 15) is 0 Å². The Morgan fingerprint density at radius 1 is 1.38 bits per heavy atom. The van der Waals surface area contributed by atoms with Crippen LogP contribution in [-0.2, 0) is 11.2 Å². The molecule has 0 aromatic heterocycles. The van der Waals surface area contributed by atoms with Crippen LogP contribution in [0.25, 0.3) is 0 Å². The topological polar surface area (TPSA) is 21.8 Å². The third-order valence-electron chi connectivity index (χ3n) is 2.64. The lowest BCUT2D eigenvalue weighted by Gasteiger charge is -2.05. The van der Waals surface area contributed by atoms with Crippen molar-refractivity contribution < 1.29 is 9.47 Å². The molecule has 0 N–H and O–H groups in total. The van der Waals surface area contributed by atoms with Crippen molar-refractivity contribution in [3.63, 3.8) is 0 Å². The van der Waals surface area contributed by atoms with Gasteiger partial charge in [0.1, 0.15) is 18.5 Å². The van der Waals surface area contributed by atoms with Gasteiger partial charge in [-0.25, -0.2) is 0 Å². The summed E-state index contributed by atoms with van der Waals surface area (Å²) >= 11 is 0. The van der Waals surface area contributed by atoms with Crippen molar-refractivity contribution in [2.24, 2.45) is 0 Å². The van der Waals surface area contributed by atoms with Crippen molar-refractivity contribution in [1.82, 2.24) is 0 Å². The van der Waals surface area contributed by atoms with E-state index in [-0.39, 0.29) is 0 Å². The highest BCUT2D eigenvalue weighted by molar-refractivity contribution is 5.27. The molecule has 1 aliphatic rings. The predicted octanol–water partition coefficient (Wildman–Crippen LogP) is 2.97. The lowest BCUT2D eigenvalue weighted by atomic mass is 10.1. The van der Waals surface area contributed by atoms with Gasteiger partial charge in [-0.3, -0.25) is 0 Å². The van der Waals surface area contributed by atoms with Crippen LogP contribution < -0.4 is 4.74 Å². The summed E-state index contributed by atoms with van der Waals surface area (Å²) in [7, 11) is 0. The molecular weight excluding hydrogens is 200 g/mol. The lowest BCUT2D eigenvalue weighted by molar-refractivity contribution is 0.263. The van der Waals surface area contributed by atoms with Gasteiger partial charge in [0.2, 0.25) is 0 Å². The van der Waals surface area contributed by atoms with E-state index in [1.165, 1.54) is 12.0 Å². The van der Waals surface area contributed by atoms with E-state index < -0.39 is 0 Å². The average molecular weight is 218 g/mol. The Morgan fingerprint density at radius 2 is 2.12 bits per heavy atom. The summed E-state index contributed by atoms with van der Waals surface area (Å²) in [5, 5.41) is 0. The molecule has 1 atom stereocenters. The molecule has 1 heterocycles. The van der Waals surface area contributed by atoms with Crippen LogP contribution in [0.4, 0.5) is 0 Å². The smallest absolute Gasteiger partial charge is 0.119 e. The molecule has 0 saturated carbocycles. The van der Waals surface area contributed by atoms with Crippen LogP contribution in [0.1, 0.15) is 18.4 Å². The molecule has 0 spiro atoms. The number of allylic oxidation sites excluding steroid dienone is 1. The van der Waals surface area contributed by atoms with Crippen LogP contribution in [0.3, 0.4) is 0 Å². The summed E-state index contributed by atoms with van der Waals surface area (Å²) in [6.07, 6.45) is 5.65. The van der Waals surface area contributed by atoms with Gasteiger partial charge >= 0.3 is 0 Å². The van der Waals surface area contributed by atoms with Gasteiger partial charge < -0.3 is 9.47 Å². The van der Waals surface area contributed by atoms with Crippen LogP contribution >= 0.6 is 0 Å². The molecule has 0 bridgehead atoms. The molecule has 2 nitrogen and oxygen atoms in total. The zero-order valence-corrected chi connectivity index (χ0v) is 9.52. The van der Waals surface area contributed by atoms with Crippen LogP contribution in [0, 0.1) is 0 Å². The molecule has 16 heavy (non-hydrogen) atoms. The normalized spacial score (nSPS) is 18.1. The zero-order valence-electron chi connectivity index (χ0n) is 9.52. The van der Waals surface area contributed by atoms with Gasteiger partial charge in [-0.05, 0) is 37.0 Å². The number of ether oxygens (including phenoxy) is 2. The molecule has 0 aliphatic carbocycles. The zero-order chi connectivity index (χ0) is 11.2. The largest absolute Gasteiger partial charge is 0.491 e. The fourth-order valence-electron chi connectivity index (χ4n) is 1.56. The molecule has 1 unspecified atom stereocenters. The van der Waals surface area contributed by atoms with Crippen LogP contribution in [-0.4, -0.2) is 19.3 Å². The lowest BCUT2D eigenvalue weighted by Crippen LogP contribution is -2.03. The standard InChI is InChI=1S/C14H18O2/c1-2-3-4-5-12-6-8-13(9-7-12)15-10-14-11-16-14/h2,6-9,14H,1,3-5,10-11H2. The summed E-state index contributed by atoms with van der Waals surface area (Å²) in [5.41, 5.74) is 1.36. The number of rotatable bonds is 7. The average Bonchev–Trinajstić information content (AvgIpc) is 3.12. The predicted molar refractivity (Wildman–Crippen MR) is 64.8 cm³/mol. The molecule has 2 rings (SSSR count). The minimum Gasteiger partial charge on any atom is -0.491 e. The van der Waals surface area contributed by atoms with E-state index in [0.717, 1.165) is 25.2 Å². The number of epoxide rings is 1. The van der Waals surface area contributed by atoms with Crippen molar-refractivity contribution in [3.8, 4) is 5.75 Å². The van der Waals surface area contributed by atoms with Crippen molar-refractivity contribution >= 4 is 0 Å². The quantitative estimate of drug-likeness (QED) is 0.398. The summed E-state index contributed by atoms with van der Waals surface area (Å²) < 4.78 is 10.7. The van der Waals surface area contributed by atoms with Gasteiger partial charge in [0.05, 0.1) is 6.61 Å². The summed E-state index contributed by atoms with van der Waals surface area (Å²) in [6, 6.07) is 8.33. The summed E-state index contributed by atoms with van der Waals surface area (Å²) in [4.78, 5) is 0. The molecule has 2 heteroatoms. The van der Waals surface area contributed by atoms with Gasteiger partial charge in [-0.15, -0.1) is 6.58 Å². The van der Waals surface area contributed by atoms with E-state index in [1.54, 1.807) is 0 Å². The van der Waals surface area contributed by atoms with E-state index >= 15 is 0 Å². The molecular formula is C14H18O2. The monoisotopic (exact) mass is 218 g/mol. The maximum Gasteiger partial charge on any atom is 0.119 e. The third kappa shape index (κ3) is 3.70. The van der Waals surface area contributed by atoms with E-state index in [1.807, 2.05) is 18.2 Å². The van der Waals surface area contributed by atoms with E-state index in [4.69, 9.17) is 9.47 Å². The highest BCUT2D eigenvalue weighted by Crippen LogP contribution is 2.16. The molecule has 1 aromatic carbocycles. The van der Waals surface area contributed by atoms with Gasteiger partial charge in [-0.2, -0.15) is 0 Å². The van der Waals surface area contributed by atoms with Crippen molar-refractivity contribution in [2.75, 3.05) is 13.2 Å². The number of unbranched alkanes of at least 4 members (excludes halogenated alkanes) is 1. The van der Waals surface area contributed by atoms with Gasteiger partial charge in [0, 0.05) is 0 Å². The first-order chi connectivity index (χ1) is 7.88. The third-order valence-corrected chi connectivity index (χ3v) is 2.64. The molecule has 86 valence electrons. The molecule has 0 amide bonds. The van der Waals surface area contributed by atoms with Crippen LogP contribution in [0.15, 0.2) is 36.9 Å². The Kier molecular flexibility index (Phi) is 4.00. The maximum absolute atomic E-state index is 5.57. The fourth-order valence-corrected chi connectivity index (χ4v) is 1.56. The van der Waals surface area contributed by atoms with Gasteiger partial charge in [0.15, 0.2) is 0 Å². The Bertz CT molecular complexity index is 325. The Balaban J connectivity index is 1.76. The molecule has 1 aliphatic heterocycles. The second-order valence-corrected chi connectivity index (χ2v) is 4.09. The van der Waals surface area contributed by atoms with Crippen LogP contribution in [0.2, 0.25) is 0 Å². The van der Waals surface area contributed by atoms with Gasteiger partial charge in [0.25, 0.3) is 0 Å². The highest BCUT2D eigenvalue weighted by atomic mass is 16.6. The van der Waals surface area contributed by atoms with Crippen LogP contribution in [0.5, 0.6) is 5.75 Å². The molecule has 1 aromatic rings. The van der Waals surface area contributed by atoms with Gasteiger partial charge in [-0.1, -0.05) is 18.2 Å². The van der Waals surface area contributed by atoms with Crippen molar-refractivity contribution in [2.45, 2.75) is 25.4 Å². The van der Waals surface area contributed by atoms with E-state index in [0.29, 0.717) is 12.7 Å².